The molecule has 1 aromatic carbocycles. The van der Waals surface area contributed by atoms with E-state index in [1.807, 2.05) is 19.9 Å². The highest BCUT2D eigenvalue weighted by atomic mass is 19.1. The molecule has 5 nitrogen and oxygen atoms in total. The first-order valence-electron chi connectivity index (χ1n) is 11.3. The number of fused-ring (bicyclic) bond motifs is 1. The highest BCUT2D eigenvalue weighted by molar-refractivity contribution is 6.24. The van der Waals surface area contributed by atoms with Crippen LogP contribution in [0.1, 0.15) is 49.6 Å². The number of imidazole rings is 1. The van der Waals surface area contributed by atoms with Gasteiger partial charge in [0.2, 0.25) is 0 Å². The van der Waals surface area contributed by atoms with E-state index in [2.05, 4.69) is 54.2 Å². The zero-order valence-corrected chi connectivity index (χ0v) is 19.4. The maximum absolute atomic E-state index is 13.8. The number of carbonyl (C=O) groups excluding carboxylic acids is 1. The van der Waals surface area contributed by atoms with E-state index in [1.165, 1.54) is 18.0 Å². The first-order chi connectivity index (χ1) is 15.2. The third-order valence-electron chi connectivity index (χ3n) is 6.08. The van der Waals surface area contributed by atoms with Gasteiger partial charge in [-0.3, -0.25) is 4.79 Å². The molecule has 1 saturated heterocycles. The largest absolute Gasteiger partial charge is 0.368 e. The summed E-state index contributed by atoms with van der Waals surface area (Å²) in [7, 11) is 0. The van der Waals surface area contributed by atoms with Gasteiger partial charge in [0.25, 0.3) is 0 Å². The van der Waals surface area contributed by atoms with Crippen molar-refractivity contribution in [2.24, 2.45) is 0 Å². The second-order valence-electron chi connectivity index (χ2n) is 8.95. The number of benzene rings is 1. The van der Waals surface area contributed by atoms with Crippen LogP contribution in [0.2, 0.25) is 0 Å². The molecule has 2 atom stereocenters. The van der Waals surface area contributed by atoms with Crippen molar-refractivity contribution in [3.05, 3.63) is 64.9 Å². The summed E-state index contributed by atoms with van der Waals surface area (Å²) in [5.41, 5.74) is 5.80. The molecule has 4 rings (SSSR count). The van der Waals surface area contributed by atoms with Crippen molar-refractivity contribution in [2.45, 2.75) is 53.1 Å². The van der Waals surface area contributed by atoms with Crippen LogP contribution >= 0.6 is 0 Å². The van der Waals surface area contributed by atoms with Gasteiger partial charge in [0.05, 0.1) is 5.69 Å². The molecule has 0 bridgehead atoms. The Labute approximate surface area is 189 Å². The number of ketones is 1. The van der Waals surface area contributed by atoms with E-state index in [4.69, 9.17) is 0 Å². The molecule has 1 aliphatic rings. The van der Waals surface area contributed by atoms with Gasteiger partial charge < -0.3 is 14.6 Å². The Kier molecular flexibility index (Phi) is 6.15. The Balaban J connectivity index is 1.72. The van der Waals surface area contributed by atoms with Crippen LogP contribution in [0.5, 0.6) is 0 Å². The third kappa shape index (κ3) is 4.46. The van der Waals surface area contributed by atoms with Crippen LogP contribution < -0.4 is 10.2 Å². The molecule has 0 radical (unpaired) electrons. The van der Waals surface area contributed by atoms with Crippen molar-refractivity contribution < 1.29 is 9.18 Å². The summed E-state index contributed by atoms with van der Waals surface area (Å²) in [4.78, 5) is 19.9. The highest BCUT2D eigenvalue weighted by Crippen LogP contribution is 2.27. The van der Waals surface area contributed by atoms with E-state index in [-0.39, 0.29) is 11.6 Å². The second-order valence-corrected chi connectivity index (χ2v) is 8.95. The number of nitrogens with one attached hydrogen (secondary N) is 1. The number of pyridine rings is 1. The smallest absolute Gasteiger partial charge is 0.164 e. The molecule has 0 aliphatic carbocycles. The summed E-state index contributed by atoms with van der Waals surface area (Å²) < 4.78 is 15.5. The molecule has 0 saturated carbocycles. The number of aromatic nitrogens is 2. The topological polar surface area (TPSA) is 49.6 Å². The summed E-state index contributed by atoms with van der Waals surface area (Å²) in [6.45, 7) is 12.1. The average Bonchev–Trinajstić information content (AvgIpc) is 3.15. The van der Waals surface area contributed by atoms with Gasteiger partial charge in [-0.15, -0.1) is 0 Å². The van der Waals surface area contributed by atoms with Crippen molar-refractivity contribution >= 4 is 28.8 Å². The van der Waals surface area contributed by atoms with Crippen LogP contribution in [-0.4, -0.2) is 40.3 Å². The molecule has 32 heavy (non-hydrogen) atoms. The molecule has 3 aromatic rings. The van der Waals surface area contributed by atoms with Gasteiger partial charge in [-0.2, -0.15) is 0 Å². The number of nitrogens with zero attached hydrogens (tertiary/aromatic N) is 3. The number of anilines is 1. The van der Waals surface area contributed by atoms with Crippen LogP contribution in [0, 0.1) is 19.7 Å². The number of piperazine rings is 1. The Morgan fingerprint density at radius 1 is 1.16 bits per heavy atom. The van der Waals surface area contributed by atoms with E-state index in [0.717, 1.165) is 29.8 Å². The maximum Gasteiger partial charge on any atom is 0.164 e. The second kappa shape index (κ2) is 8.87. The standard InChI is InChI=1S/C26H31FN4O/c1-6-25(32)23(24-15-31-14-21(27)9-17(3)26(31)29-24)11-20-7-8-22(10-16(20)2)30-12-18(4)28-19(5)13-30/h7-11,14-15,18-19,28H,6,12-13H2,1-5H3/b23-11-/t18-,19+. The van der Waals surface area contributed by atoms with Gasteiger partial charge in [-0.05, 0) is 68.7 Å². The Morgan fingerprint density at radius 3 is 2.53 bits per heavy atom. The molecule has 1 fully saturated rings. The summed E-state index contributed by atoms with van der Waals surface area (Å²) in [5.74, 6) is -0.311. The quantitative estimate of drug-likeness (QED) is 0.586. The SMILES string of the molecule is CCC(=O)/C(=C\c1ccc(N2C[C@@H](C)N[C@@H](C)C2)cc1C)c1cn2cc(F)cc(C)c2n1. The number of carbonyl (C=O) groups is 1. The summed E-state index contributed by atoms with van der Waals surface area (Å²) in [6, 6.07) is 8.73. The minimum absolute atomic E-state index is 0.0137. The zero-order chi connectivity index (χ0) is 23.0. The molecular formula is C26H31FN4O. The van der Waals surface area contributed by atoms with Crippen molar-refractivity contribution in [1.29, 1.82) is 0 Å². The molecule has 1 aliphatic heterocycles. The first kappa shape index (κ1) is 22.2. The van der Waals surface area contributed by atoms with Crippen LogP contribution in [0.15, 0.2) is 36.7 Å². The van der Waals surface area contributed by atoms with Crippen molar-refractivity contribution in [3.8, 4) is 0 Å². The molecule has 1 N–H and O–H groups in total. The summed E-state index contributed by atoms with van der Waals surface area (Å²) in [5, 5.41) is 3.57. The predicted molar refractivity (Wildman–Crippen MR) is 129 cm³/mol. The van der Waals surface area contributed by atoms with Crippen LogP contribution in [0.25, 0.3) is 17.3 Å². The van der Waals surface area contributed by atoms with Crippen molar-refractivity contribution in [3.63, 3.8) is 0 Å². The lowest BCUT2D eigenvalue weighted by atomic mass is 9.99. The lowest BCUT2D eigenvalue weighted by Crippen LogP contribution is -2.54. The number of aryl methyl sites for hydroxylation is 2. The average molecular weight is 435 g/mol. The lowest BCUT2D eigenvalue weighted by molar-refractivity contribution is -0.113. The minimum atomic E-state index is -0.325. The van der Waals surface area contributed by atoms with E-state index < -0.39 is 0 Å². The Hall–Kier alpha value is -2.99. The molecule has 3 heterocycles. The van der Waals surface area contributed by atoms with E-state index in [0.29, 0.717) is 35.4 Å². The van der Waals surface area contributed by atoms with E-state index in [9.17, 15) is 9.18 Å². The molecule has 2 aromatic heterocycles. The van der Waals surface area contributed by atoms with Gasteiger partial charge in [0, 0.05) is 55.2 Å². The maximum atomic E-state index is 13.8. The number of Topliss-reactive ketones (excluding diaryl/α,β-unsaturated/α-hetero) is 1. The summed E-state index contributed by atoms with van der Waals surface area (Å²) in [6.07, 6.45) is 5.42. The number of hydrogen-bond donors (Lipinski definition) is 1. The monoisotopic (exact) mass is 434 g/mol. The van der Waals surface area contributed by atoms with Crippen LogP contribution in [-0.2, 0) is 4.79 Å². The van der Waals surface area contributed by atoms with Gasteiger partial charge in [-0.25, -0.2) is 9.37 Å². The molecule has 0 amide bonds. The number of rotatable bonds is 5. The zero-order valence-electron chi connectivity index (χ0n) is 19.4. The number of allylic oxidation sites excluding steroid dienone is 1. The van der Waals surface area contributed by atoms with E-state index in [1.54, 1.807) is 10.6 Å². The fourth-order valence-corrected chi connectivity index (χ4v) is 4.55. The van der Waals surface area contributed by atoms with Crippen LogP contribution in [0.4, 0.5) is 10.1 Å². The predicted octanol–water partition coefficient (Wildman–Crippen LogP) is 4.80. The van der Waals surface area contributed by atoms with Gasteiger partial charge in [0.1, 0.15) is 11.5 Å². The molecule has 168 valence electrons. The van der Waals surface area contributed by atoms with Gasteiger partial charge in [0.15, 0.2) is 5.78 Å². The third-order valence-corrected chi connectivity index (χ3v) is 6.08. The van der Waals surface area contributed by atoms with Gasteiger partial charge in [-0.1, -0.05) is 13.0 Å². The van der Waals surface area contributed by atoms with Crippen LogP contribution in [0.3, 0.4) is 0 Å². The molecule has 6 heteroatoms. The normalized spacial score (nSPS) is 19.6. The fraction of sp³-hybridized carbons (Fsp3) is 0.385. The number of hydrogen-bond acceptors (Lipinski definition) is 4. The highest BCUT2D eigenvalue weighted by Gasteiger charge is 2.22. The molecule has 0 unspecified atom stereocenters. The fourth-order valence-electron chi connectivity index (χ4n) is 4.55. The molecular weight excluding hydrogens is 403 g/mol. The Morgan fingerprint density at radius 2 is 1.88 bits per heavy atom. The number of halogens is 1. The van der Waals surface area contributed by atoms with Crippen molar-refractivity contribution in [1.82, 2.24) is 14.7 Å². The van der Waals surface area contributed by atoms with Gasteiger partial charge >= 0.3 is 0 Å². The molecule has 0 spiro atoms. The van der Waals surface area contributed by atoms with E-state index >= 15 is 0 Å². The first-order valence-corrected chi connectivity index (χ1v) is 11.3. The van der Waals surface area contributed by atoms with Crippen molar-refractivity contribution in [2.75, 3.05) is 18.0 Å². The summed E-state index contributed by atoms with van der Waals surface area (Å²) >= 11 is 0. The Bertz CT molecular complexity index is 1190. The minimum Gasteiger partial charge on any atom is -0.368 e. The lowest BCUT2D eigenvalue weighted by Gasteiger charge is -2.38.